The lowest BCUT2D eigenvalue weighted by Crippen LogP contribution is -2.36. The van der Waals surface area contributed by atoms with Crippen molar-refractivity contribution in [2.45, 2.75) is 33.1 Å². The molecule has 0 fully saturated rings. The maximum atomic E-state index is 12.2. The molecule has 10 heteroatoms. The van der Waals surface area contributed by atoms with E-state index in [9.17, 15) is 13.2 Å². The summed E-state index contributed by atoms with van der Waals surface area (Å²) in [5, 5.41) is 10.8. The van der Waals surface area contributed by atoms with Gasteiger partial charge in [-0.15, -0.1) is 24.0 Å². The van der Waals surface area contributed by atoms with Crippen LogP contribution in [0.25, 0.3) is 0 Å². The van der Waals surface area contributed by atoms with E-state index in [1.807, 2.05) is 25.6 Å². The predicted octanol–water partition coefficient (Wildman–Crippen LogP) is 3.46. The zero-order valence-electron chi connectivity index (χ0n) is 16.2. The predicted molar refractivity (Wildman–Crippen MR) is 113 cm³/mol. The minimum atomic E-state index is -4.34. The number of benzene rings is 1. The number of aliphatic imine (C=N–C) groups is 1. The van der Waals surface area contributed by atoms with Gasteiger partial charge in [0.25, 0.3) is 0 Å². The van der Waals surface area contributed by atoms with E-state index >= 15 is 0 Å². The molecular weight excluding hydrogens is 486 g/mol. The van der Waals surface area contributed by atoms with Crippen molar-refractivity contribution in [2.24, 2.45) is 12.0 Å². The molecule has 0 aliphatic carbocycles. The van der Waals surface area contributed by atoms with Crippen molar-refractivity contribution < 1.29 is 17.9 Å². The van der Waals surface area contributed by atoms with Crippen LogP contribution in [0, 0.1) is 13.8 Å². The number of rotatable bonds is 6. The summed E-state index contributed by atoms with van der Waals surface area (Å²) < 4.78 is 43.0. The van der Waals surface area contributed by atoms with E-state index in [1.165, 1.54) is 12.1 Å². The van der Waals surface area contributed by atoms with Gasteiger partial charge in [-0.1, -0.05) is 12.1 Å². The SMILES string of the molecule is CN=C(NCc1ccc(OCC(F)(F)F)cc1)NCc1c(C)nn(C)c1C.I. The molecule has 0 atom stereocenters. The van der Waals surface area contributed by atoms with Gasteiger partial charge < -0.3 is 15.4 Å². The third-order valence-corrected chi connectivity index (χ3v) is 4.10. The largest absolute Gasteiger partial charge is 0.484 e. The van der Waals surface area contributed by atoms with Gasteiger partial charge in [-0.05, 0) is 31.5 Å². The summed E-state index contributed by atoms with van der Waals surface area (Å²) in [5.41, 5.74) is 4.06. The van der Waals surface area contributed by atoms with E-state index in [4.69, 9.17) is 4.74 Å². The summed E-state index contributed by atoms with van der Waals surface area (Å²) in [6.07, 6.45) is -4.34. The molecule has 1 aromatic carbocycles. The van der Waals surface area contributed by atoms with Gasteiger partial charge in [-0.2, -0.15) is 18.3 Å². The second kappa shape index (κ2) is 10.5. The van der Waals surface area contributed by atoms with Crippen molar-refractivity contribution in [3.05, 3.63) is 46.8 Å². The number of halogens is 4. The quantitative estimate of drug-likeness (QED) is 0.355. The molecule has 0 saturated carbocycles. The molecule has 1 aromatic heterocycles. The van der Waals surface area contributed by atoms with Crippen LogP contribution in [0.4, 0.5) is 13.2 Å². The average Bonchev–Trinajstić information content (AvgIpc) is 2.86. The van der Waals surface area contributed by atoms with E-state index < -0.39 is 12.8 Å². The summed E-state index contributed by atoms with van der Waals surface area (Å²) in [4.78, 5) is 4.18. The van der Waals surface area contributed by atoms with Crippen LogP contribution in [0.3, 0.4) is 0 Å². The van der Waals surface area contributed by atoms with Crippen molar-refractivity contribution in [2.75, 3.05) is 13.7 Å². The highest BCUT2D eigenvalue weighted by molar-refractivity contribution is 14.0. The number of aryl methyl sites for hydroxylation is 2. The average molecular weight is 511 g/mol. The van der Waals surface area contributed by atoms with Crippen LogP contribution in [-0.2, 0) is 20.1 Å². The van der Waals surface area contributed by atoms with Crippen molar-refractivity contribution in [3.63, 3.8) is 0 Å². The van der Waals surface area contributed by atoms with E-state index in [2.05, 4.69) is 20.7 Å². The van der Waals surface area contributed by atoms with Gasteiger partial charge in [0.2, 0.25) is 0 Å². The highest BCUT2D eigenvalue weighted by Gasteiger charge is 2.28. The van der Waals surface area contributed by atoms with Crippen LogP contribution in [0.5, 0.6) is 5.75 Å². The molecule has 0 aliphatic heterocycles. The number of nitrogens with one attached hydrogen (secondary N) is 2. The Labute approximate surface area is 179 Å². The Bertz CT molecular complexity index is 788. The summed E-state index contributed by atoms with van der Waals surface area (Å²) in [5.74, 6) is 0.802. The first-order valence-corrected chi connectivity index (χ1v) is 8.41. The molecule has 0 spiro atoms. The van der Waals surface area contributed by atoms with Gasteiger partial charge in [0, 0.05) is 38.4 Å². The van der Waals surface area contributed by atoms with Crippen LogP contribution >= 0.6 is 24.0 Å². The molecule has 2 N–H and O–H groups in total. The van der Waals surface area contributed by atoms with E-state index in [0.717, 1.165) is 22.5 Å². The molecule has 156 valence electrons. The van der Waals surface area contributed by atoms with Crippen LogP contribution in [0.15, 0.2) is 29.3 Å². The zero-order valence-corrected chi connectivity index (χ0v) is 18.6. The van der Waals surface area contributed by atoms with Gasteiger partial charge in [0.15, 0.2) is 12.6 Å². The van der Waals surface area contributed by atoms with Crippen molar-refractivity contribution >= 4 is 29.9 Å². The molecular formula is C18H25F3IN5O. The highest BCUT2D eigenvalue weighted by atomic mass is 127. The zero-order chi connectivity index (χ0) is 20.0. The fourth-order valence-corrected chi connectivity index (χ4v) is 2.52. The number of hydrogen-bond donors (Lipinski definition) is 2. The molecule has 0 amide bonds. The van der Waals surface area contributed by atoms with Gasteiger partial charge in [-0.3, -0.25) is 9.67 Å². The van der Waals surface area contributed by atoms with Crippen LogP contribution in [-0.4, -0.2) is 35.6 Å². The molecule has 2 rings (SSSR count). The third-order valence-electron chi connectivity index (χ3n) is 4.10. The molecule has 1 heterocycles. The maximum Gasteiger partial charge on any atom is 0.422 e. The minimum Gasteiger partial charge on any atom is -0.484 e. The van der Waals surface area contributed by atoms with Gasteiger partial charge in [0.05, 0.1) is 5.69 Å². The molecule has 0 radical (unpaired) electrons. The van der Waals surface area contributed by atoms with E-state index in [1.54, 1.807) is 19.2 Å². The first-order valence-electron chi connectivity index (χ1n) is 8.41. The lowest BCUT2D eigenvalue weighted by molar-refractivity contribution is -0.153. The summed E-state index contributed by atoms with van der Waals surface area (Å²) in [6, 6.07) is 6.45. The molecule has 0 saturated heterocycles. The Hall–Kier alpha value is -1.98. The summed E-state index contributed by atoms with van der Waals surface area (Å²) >= 11 is 0. The van der Waals surface area contributed by atoms with Gasteiger partial charge >= 0.3 is 6.18 Å². The molecule has 2 aromatic rings. The number of ether oxygens (including phenoxy) is 1. The Morgan fingerprint density at radius 3 is 2.25 bits per heavy atom. The lowest BCUT2D eigenvalue weighted by atomic mass is 10.2. The van der Waals surface area contributed by atoms with Gasteiger partial charge in [0.1, 0.15) is 5.75 Å². The number of hydrogen-bond acceptors (Lipinski definition) is 3. The molecule has 28 heavy (non-hydrogen) atoms. The standard InChI is InChI=1S/C18H24F3N5O.HI/c1-12-16(13(2)26(4)25-12)10-24-17(22-3)23-9-14-5-7-15(8-6-14)27-11-18(19,20)21;/h5-8H,9-11H2,1-4H3,(H2,22,23,24);1H. The van der Waals surface area contributed by atoms with E-state index in [0.29, 0.717) is 19.0 Å². The van der Waals surface area contributed by atoms with Crippen LogP contribution < -0.4 is 15.4 Å². The lowest BCUT2D eigenvalue weighted by Gasteiger charge is -2.13. The Kier molecular flexibility index (Phi) is 9.05. The van der Waals surface area contributed by atoms with Crippen LogP contribution in [0.1, 0.15) is 22.5 Å². The first-order chi connectivity index (χ1) is 12.7. The van der Waals surface area contributed by atoms with E-state index in [-0.39, 0.29) is 29.7 Å². The Morgan fingerprint density at radius 1 is 1.14 bits per heavy atom. The Balaban J connectivity index is 0.00000392. The fraction of sp³-hybridized carbons (Fsp3) is 0.444. The number of nitrogens with zero attached hydrogens (tertiary/aromatic N) is 3. The van der Waals surface area contributed by atoms with Crippen molar-refractivity contribution in [1.82, 2.24) is 20.4 Å². The topological polar surface area (TPSA) is 63.5 Å². The summed E-state index contributed by atoms with van der Waals surface area (Å²) in [7, 11) is 3.58. The fourth-order valence-electron chi connectivity index (χ4n) is 2.52. The molecule has 0 aliphatic rings. The second-order valence-electron chi connectivity index (χ2n) is 6.10. The molecule has 6 nitrogen and oxygen atoms in total. The maximum absolute atomic E-state index is 12.2. The third kappa shape index (κ3) is 7.21. The number of alkyl halides is 3. The Morgan fingerprint density at radius 2 is 1.75 bits per heavy atom. The van der Waals surface area contributed by atoms with Crippen molar-refractivity contribution in [1.29, 1.82) is 0 Å². The second-order valence-corrected chi connectivity index (χ2v) is 6.10. The minimum absolute atomic E-state index is 0. The molecule has 0 unspecified atom stereocenters. The van der Waals surface area contributed by atoms with Crippen molar-refractivity contribution in [3.8, 4) is 5.75 Å². The van der Waals surface area contributed by atoms with Gasteiger partial charge in [-0.25, -0.2) is 0 Å². The van der Waals surface area contributed by atoms with Crippen LogP contribution in [0.2, 0.25) is 0 Å². The first kappa shape index (κ1) is 24.1. The summed E-state index contributed by atoms with van der Waals surface area (Å²) in [6.45, 7) is 3.74. The molecule has 0 bridgehead atoms. The number of guanidine groups is 1. The normalized spacial score (nSPS) is 11.8. The number of aromatic nitrogens is 2. The highest BCUT2D eigenvalue weighted by Crippen LogP contribution is 2.18. The monoisotopic (exact) mass is 511 g/mol. The smallest absolute Gasteiger partial charge is 0.422 e.